The highest BCUT2D eigenvalue weighted by Gasteiger charge is 2.34. The Morgan fingerprint density at radius 1 is 0.919 bits per heavy atom. The zero-order chi connectivity index (χ0) is 25.6. The molecule has 0 bridgehead atoms. The molecule has 2 aliphatic heterocycles. The topological polar surface area (TPSA) is 48.4 Å². The van der Waals surface area contributed by atoms with E-state index in [1.54, 1.807) is 5.01 Å². The minimum absolute atomic E-state index is 0.0537. The van der Waals surface area contributed by atoms with E-state index >= 15 is 0 Å². The first-order valence-corrected chi connectivity index (χ1v) is 13.3. The van der Waals surface area contributed by atoms with E-state index in [1.807, 2.05) is 19.1 Å². The number of rotatable bonds is 8. The fourth-order valence-electron chi connectivity index (χ4n) is 5.16. The maximum atomic E-state index is 13.6. The molecule has 0 radical (unpaired) electrons. The third-order valence-electron chi connectivity index (χ3n) is 7.17. The van der Waals surface area contributed by atoms with Crippen molar-refractivity contribution in [3.63, 3.8) is 0 Å². The molecule has 6 nitrogen and oxygen atoms in total. The first-order valence-electron chi connectivity index (χ1n) is 13.3. The number of benzene rings is 3. The van der Waals surface area contributed by atoms with Crippen LogP contribution in [0.3, 0.4) is 0 Å². The maximum Gasteiger partial charge on any atom is 0.257 e. The van der Waals surface area contributed by atoms with Crippen LogP contribution in [-0.4, -0.2) is 65.8 Å². The molecule has 2 heterocycles. The lowest BCUT2D eigenvalue weighted by atomic mass is 9.97. The van der Waals surface area contributed by atoms with Crippen molar-refractivity contribution in [2.24, 2.45) is 5.10 Å². The van der Waals surface area contributed by atoms with Crippen molar-refractivity contribution < 1.29 is 9.53 Å². The third-order valence-corrected chi connectivity index (χ3v) is 7.17. The molecular weight excluding hydrogens is 460 g/mol. The Morgan fingerprint density at radius 2 is 1.65 bits per heavy atom. The Balaban J connectivity index is 1.27. The van der Waals surface area contributed by atoms with Gasteiger partial charge in [0.1, 0.15) is 5.75 Å². The average molecular weight is 497 g/mol. The summed E-state index contributed by atoms with van der Waals surface area (Å²) in [5, 5.41) is 6.61. The van der Waals surface area contributed by atoms with Crippen molar-refractivity contribution in [1.82, 2.24) is 14.8 Å². The van der Waals surface area contributed by atoms with Crippen LogP contribution in [0.4, 0.5) is 0 Å². The van der Waals surface area contributed by atoms with E-state index in [9.17, 15) is 4.79 Å². The molecule has 1 fully saturated rings. The van der Waals surface area contributed by atoms with Gasteiger partial charge in [-0.3, -0.25) is 14.6 Å². The number of amides is 1. The number of ether oxygens (including phenoxy) is 1. The molecule has 2 aliphatic rings. The maximum absolute atomic E-state index is 13.6. The first kappa shape index (κ1) is 25.2. The number of hydrogen-bond donors (Lipinski definition) is 0. The van der Waals surface area contributed by atoms with Crippen LogP contribution in [0, 0.1) is 6.92 Å². The molecular formula is C31H36N4O2. The Labute approximate surface area is 220 Å². The van der Waals surface area contributed by atoms with E-state index in [0.717, 1.165) is 55.3 Å². The highest BCUT2D eigenvalue weighted by Crippen LogP contribution is 2.34. The number of aryl methyl sites for hydroxylation is 1. The summed E-state index contributed by atoms with van der Waals surface area (Å²) in [6.45, 7) is 9.73. The van der Waals surface area contributed by atoms with E-state index in [-0.39, 0.29) is 11.9 Å². The molecule has 1 saturated heterocycles. The van der Waals surface area contributed by atoms with E-state index in [4.69, 9.17) is 9.84 Å². The van der Waals surface area contributed by atoms with Gasteiger partial charge >= 0.3 is 0 Å². The van der Waals surface area contributed by atoms with Crippen molar-refractivity contribution in [3.8, 4) is 5.75 Å². The lowest BCUT2D eigenvalue weighted by molar-refractivity contribution is -0.134. The summed E-state index contributed by atoms with van der Waals surface area (Å²) < 4.78 is 5.63. The normalized spacial score (nSPS) is 18.6. The molecule has 5 rings (SSSR count). The second kappa shape index (κ2) is 11.7. The number of carbonyl (C=O) groups is 1. The first-order chi connectivity index (χ1) is 18.1. The predicted octanol–water partition coefficient (Wildman–Crippen LogP) is 4.89. The van der Waals surface area contributed by atoms with E-state index in [2.05, 4.69) is 83.5 Å². The largest absolute Gasteiger partial charge is 0.494 e. The highest BCUT2D eigenvalue weighted by molar-refractivity contribution is 6.03. The molecule has 0 saturated carbocycles. The quantitative estimate of drug-likeness (QED) is 0.446. The third kappa shape index (κ3) is 6.27. The van der Waals surface area contributed by atoms with Gasteiger partial charge in [0.25, 0.3) is 5.91 Å². The summed E-state index contributed by atoms with van der Waals surface area (Å²) in [5.74, 6) is 0.897. The van der Waals surface area contributed by atoms with Crippen LogP contribution in [0.2, 0.25) is 0 Å². The number of hydrazone groups is 1. The second-order valence-electron chi connectivity index (χ2n) is 9.91. The molecule has 0 spiro atoms. The molecule has 3 aromatic rings. The van der Waals surface area contributed by atoms with Crippen molar-refractivity contribution in [2.75, 3.05) is 39.3 Å². The number of hydrogen-bond acceptors (Lipinski definition) is 5. The molecule has 1 atom stereocenters. The van der Waals surface area contributed by atoms with Crippen molar-refractivity contribution >= 4 is 11.6 Å². The van der Waals surface area contributed by atoms with Gasteiger partial charge < -0.3 is 4.74 Å². The van der Waals surface area contributed by atoms with Crippen molar-refractivity contribution in [3.05, 3.63) is 101 Å². The summed E-state index contributed by atoms with van der Waals surface area (Å²) in [7, 11) is 0. The molecule has 6 heteroatoms. The Hall–Kier alpha value is -3.48. The summed E-state index contributed by atoms with van der Waals surface area (Å²) in [4.78, 5) is 18.3. The lowest BCUT2D eigenvalue weighted by Crippen LogP contribution is -2.49. The van der Waals surface area contributed by atoms with Crippen LogP contribution < -0.4 is 4.74 Å². The molecule has 0 N–H and O–H groups in total. The van der Waals surface area contributed by atoms with Crippen LogP contribution in [0.1, 0.15) is 41.6 Å². The molecule has 37 heavy (non-hydrogen) atoms. The van der Waals surface area contributed by atoms with Crippen LogP contribution >= 0.6 is 0 Å². The number of nitrogens with zero attached hydrogens (tertiary/aromatic N) is 4. The van der Waals surface area contributed by atoms with Gasteiger partial charge in [-0.2, -0.15) is 5.10 Å². The number of piperazine rings is 1. The highest BCUT2D eigenvalue weighted by atomic mass is 16.5. The van der Waals surface area contributed by atoms with E-state index < -0.39 is 0 Å². The Bertz CT molecular complexity index is 1220. The van der Waals surface area contributed by atoms with Crippen LogP contribution in [0.5, 0.6) is 5.75 Å². The second-order valence-corrected chi connectivity index (χ2v) is 9.91. The van der Waals surface area contributed by atoms with Gasteiger partial charge in [0.2, 0.25) is 0 Å². The smallest absolute Gasteiger partial charge is 0.257 e. The Kier molecular flexibility index (Phi) is 7.97. The van der Waals surface area contributed by atoms with Gasteiger partial charge in [-0.25, -0.2) is 5.01 Å². The predicted molar refractivity (Wildman–Crippen MR) is 148 cm³/mol. The lowest BCUT2D eigenvalue weighted by Gasteiger charge is -2.35. The fourth-order valence-corrected chi connectivity index (χ4v) is 5.16. The Morgan fingerprint density at radius 3 is 2.35 bits per heavy atom. The van der Waals surface area contributed by atoms with Gasteiger partial charge in [0.15, 0.2) is 0 Å². The zero-order valence-corrected chi connectivity index (χ0v) is 21.8. The van der Waals surface area contributed by atoms with Gasteiger partial charge in [0, 0.05) is 39.1 Å². The molecule has 192 valence electrons. The monoisotopic (exact) mass is 496 g/mol. The molecule has 0 aromatic heterocycles. The molecule has 0 aliphatic carbocycles. The molecule has 1 amide bonds. The SMILES string of the molecule is CCOc1ccc(C2CC(c3cccc(C)c3)=NN2C(=O)CN2CCN(Cc3ccccc3)CC2)cc1. The summed E-state index contributed by atoms with van der Waals surface area (Å²) >= 11 is 0. The standard InChI is InChI=1S/C31H36N4O2/c1-3-37-28-14-12-26(13-15-28)30-21-29(27-11-7-8-24(2)20-27)32-35(30)31(36)23-34-18-16-33(17-19-34)22-25-9-5-4-6-10-25/h4-15,20,30H,3,16-19,21-23H2,1-2H3. The van der Waals surface area contributed by atoms with E-state index in [1.165, 1.54) is 11.1 Å². The van der Waals surface area contributed by atoms with Gasteiger partial charge in [-0.05, 0) is 42.7 Å². The molecule has 1 unspecified atom stereocenters. The van der Waals surface area contributed by atoms with Gasteiger partial charge in [-0.15, -0.1) is 0 Å². The minimum atomic E-state index is -0.113. The van der Waals surface area contributed by atoms with Crippen LogP contribution in [0.25, 0.3) is 0 Å². The summed E-state index contributed by atoms with van der Waals surface area (Å²) in [5.41, 5.74) is 5.65. The minimum Gasteiger partial charge on any atom is -0.494 e. The zero-order valence-electron chi connectivity index (χ0n) is 21.8. The van der Waals surface area contributed by atoms with Crippen molar-refractivity contribution in [1.29, 1.82) is 0 Å². The fraction of sp³-hybridized carbons (Fsp3) is 0.355. The van der Waals surface area contributed by atoms with Crippen LogP contribution in [0.15, 0.2) is 84.0 Å². The number of carbonyl (C=O) groups excluding carboxylic acids is 1. The van der Waals surface area contributed by atoms with Gasteiger partial charge in [-0.1, -0.05) is 72.3 Å². The van der Waals surface area contributed by atoms with Crippen LogP contribution in [-0.2, 0) is 11.3 Å². The average Bonchev–Trinajstić information content (AvgIpc) is 3.37. The van der Waals surface area contributed by atoms with Gasteiger partial charge in [0.05, 0.1) is 24.9 Å². The summed E-state index contributed by atoms with van der Waals surface area (Å²) in [6, 6.07) is 26.9. The summed E-state index contributed by atoms with van der Waals surface area (Å²) in [6.07, 6.45) is 0.702. The van der Waals surface area contributed by atoms with E-state index in [0.29, 0.717) is 19.6 Å². The van der Waals surface area contributed by atoms with Crippen molar-refractivity contribution in [2.45, 2.75) is 32.9 Å². The molecule has 3 aromatic carbocycles.